The lowest BCUT2D eigenvalue weighted by atomic mass is 9.92. The third-order valence-corrected chi connectivity index (χ3v) is 5.46. The van der Waals surface area contributed by atoms with Crippen LogP contribution in [-0.4, -0.2) is 39.1 Å². The third-order valence-electron chi connectivity index (χ3n) is 5.46. The number of carbonyl (C=O) groups excluding carboxylic acids is 1. The van der Waals surface area contributed by atoms with E-state index in [1.807, 2.05) is 36.4 Å². The molecule has 37 heavy (non-hydrogen) atoms. The lowest BCUT2D eigenvalue weighted by Crippen LogP contribution is -2.21. The third kappa shape index (κ3) is 7.08. The summed E-state index contributed by atoms with van der Waals surface area (Å²) in [6, 6.07) is 20.0. The molecule has 0 spiro atoms. The van der Waals surface area contributed by atoms with Gasteiger partial charge in [0.2, 0.25) is 0 Å². The quantitative estimate of drug-likeness (QED) is 0.216. The lowest BCUT2D eigenvalue weighted by molar-refractivity contribution is 0.262. The topological polar surface area (TPSA) is 113 Å². The Hall–Kier alpha value is -4.37. The zero-order chi connectivity index (χ0) is 26.3. The van der Waals surface area contributed by atoms with E-state index < -0.39 is 0 Å². The Morgan fingerprint density at radius 1 is 0.973 bits per heavy atom. The maximum absolute atomic E-state index is 12.9. The monoisotopic (exact) mass is 500 g/mol. The molecule has 0 aliphatic carbocycles. The van der Waals surface area contributed by atoms with E-state index in [9.17, 15) is 4.79 Å². The van der Waals surface area contributed by atoms with E-state index in [1.54, 1.807) is 47.4 Å². The number of anilines is 3. The summed E-state index contributed by atoms with van der Waals surface area (Å²) in [5.41, 5.74) is 2.96. The fraction of sp³-hybridized carbons (Fsp3) is 0.250. The Labute approximate surface area is 216 Å². The highest BCUT2D eigenvalue weighted by Gasteiger charge is 2.21. The van der Waals surface area contributed by atoms with Crippen LogP contribution in [0.5, 0.6) is 11.5 Å². The molecule has 4 rings (SSSR count). The molecule has 0 fully saturated rings. The van der Waals surface area contributed by atoms with Gasteiger partial charge in [-0.1, -0.05) is 26.8 Å². The van der Waals surface area contributed by atoms with Gasteiger partial charge in [0.15, 0.2) is 0 Å². The summed E-state index contributed by atoms with van der Waals surface area (Å²) in [6.07, 6.45) is 3.97. The number of hydrogen-bond acceptors (Lipinski definition) is 6. The van der Waals surface area contributed by atoms with E-state index in [1.165, 1.54) is 0 Å². The minimum atomic E-state index is -0.389. The van der Waals surface area contributed by atoms with Crippen molar-refractivity contribution in [2.45, 2.75) is 32.6 Å². The molecule has 2 aromatic carbocycles. The van der Waals surface area contributed by atoms with Gasteiger partial charge in [0.1, 0.15) is 17.3 Å². The van der Waals surface area contributed by atoms with Crippen molar-refractivity contribution in [3.8, 4) is 17.2 Å². The highest BCUT2D eigenvalue weighted by atomic mass is 16.5. The number of benzene rings is 2. The Balaban J connectivity index is 1.49. The molecule has 192 valence electrons. The zero-order valence-electron chi connectivity index (χ0n) is 21.2. The summed E-state index contributed by atoms with van der Waals surface area (Å²) < 4.78 is 7.48. The van der Waals surface area contributed by atoms with Crippen molar-refractivity contribution in [1.82, 2.24) is 14.8 Å². The molecule has 4 aromatic rings. The predicted octanol–water partition coefficient (Wildman–Crippen LogP) is 5.80. The minimum absolute atomic E-state index is 0.129. The summed E-state index contributed by atoms with van der Waals surface area (Å²) in [7, 11) is 0. The zero-order valence-corrected chi connectivity index (χ0v) is 21.2. The Morgan fingerprint density at radius 2 is 1.78 bits per heavy atom. The fourth-order valence-corrected chi connectivity index (χ4v) is 3.52. The van der Waals surface area contributed by atoms with Crippen LogP contribution >= 0.6 is 0 Å². The number of aromatic nitrogens is 3. The number of rotatable bonds is 9. The van der Waals surface area contributed by atoms with Gasteiger partial charge in [-0.2, -0.15) is 5.10 Å². The van der Waals surface area contributed by atoms with E-state index in [0.717, 1.165) is 17.1 Å². The van der Waals surface area contributed by atoms with E-state index in [0.29, 0.717) is 36.0 Å². The molecular weight excluding hydrogens is 468 g/mol. The molecule has 0 aliphatic rings. The van der Waals surface area contributed by atoms with E-state index >= 15 is 0 Å². The van der Waals surface area contributed by atoms with Crippen LogP contribution in [0, 0.1) is 0 Å². The Bertz CT molecular complexity index is 1310. The number of hydrogen-bond donors (Lipinski definition) is 4. The van der Waals surface area contributed by atoms with Gasteiger partial charge < -0.3 is 20.5 Å². The first kappa shape index (κ1) is 25.7. The number of aliphatic hydroxyl groups is 1. The van der Waals surface area contributed by atoms with Gasteiger partial charge in [0.05, 0.1) is 17.6 Å². The van der Waals surface area contributed by atoms with Crippen molar-refractivity contribution < 1.29 is 14.6 Å². The maximum Gasteiger partial charge on any atom is 0.324 e. The molecule has 0 aliphatic heterocycles. The smallest absolute Gasteiger partial charge is 0.324 e. The number of nitrogens with zero attached hydrogens (tertiary/aromatic N) is 3. The van der Waals surface area contributed by atoms with Crippen molar-refractivity contribution >= 4 is 23.2 Å². The molecule has 4 N–H and O–H groups in total. The Morgan fingerprint density at radius 3 is 2.49 bits per heavy atom. The van der Waals surface area contributed by atoms with Crippen LogP contribution in [0.15, 0.2) is 79.1 Å². The second-order valence-corrected chi connectivity index (χ2v) is 9.53. The Kier molecular flexibility index (Phi) is 8.05. The van der Waals surface area contributed by atoms with Crippen LogP contribution in [0.3, 0.4) is 0 Å². The average Bonchev–Trinajstić information content (AvgIpc) is 3.30. The molecular formula is C28H32N6O3. The first-order chi connectivity index (χ1) is 17.8. The number of nitrogens with one attached hydrogen (secondary N) is 3. The van der Waals surface area contributed by atoms with Gasteiger partial charge >= 0.3 is 6.03 Å². The normalized spacial score (nSPS) is 11.1. The minimum Gasteiger partial charge on any atom is -0.456 e. The molecule has 9 nitrogen and oxygen atoms in total. The second kappa shape index (κ2) is 11.6. The molecule has 0 atom stereocenters. The largest absolute Gasteiger partial charge is 0.456 e. The fourth-order valence-electron chi connectivity index (χ4n) is 3.52. The van der Waals surface area contributed by atoms with Gasteiger partial charge in [-0.25, -0.2) is 9.48 Å². The predicted molar refractivity (Wildman–Crippen MR) is 146 cm³/mol. The molecule has 0 unspecified atom stereocenters. The number of ether oxygens (including phenoxy) is 1. The van der Waals surface area contributed by atoms with Gasteiger partial charge in [0, 0.05) is 42.2 Å². The molecule has 9 heteroatoms. The van der Waals surface area contributed by atoms with Crippen LogP contribution in [0.25, 0.3) is 5.69 Å². The summed E-state index contributed by atoms with van der Waals surface area (Å²) in [5.74, 6) is 1.82. The summed E-state index contributed by atoms with van der Waals surface area (Å²) in [4.78, 5) is 16.9. The van der Waals surface area contributed by atoms with E-state index in [4.69, 9.17) is 14.9 Å². The van der Waals surface area contributed by atoms with E-state index in [2.05, 4.69) is 41.7 Å². The van der Waals surface area contributed by atoms with Gasteiger partial charge in [-0.15, -0.1) is 0 Å². The SMILES string of the molecule is CC(C)(C)c1cc(NC(=O)Nc2ccc(Oc3cccnc3)cc2)n(-c2cccc(NCCCO)c2)n1. The van der Waals surface area contributed by atoms with Crippen LogP contribution < -0.4 is 20.7 Å². The van der Waals surface area contributed by atoms with E-state index in [-0.39, 0.29) is 18.1 Å². The van der Waals surface area contributed by atoms with Gasteiger partial charge in [-0.3, -0.25) is 10.3 Å². The molecule has 2 amide bonds. The van der Waals surface area contributed by atoms with Gasteiger partial charge in [0.25, 0.3) is 0 Å². The molecule has 0 radical (unpaired) electrons. The lowest BCUT2D eigenvalue weighted by Gasteiger charge is -2.14. The van der Waals surface area contributed by atoms with Crippen molar-refractivity contribution in [2.75, 3.05) is 29.1 Å². The number of aliphatic hydroxyl groups excluding tert-OH is 1. The van der Waals surface area contributed by atoms with Crippen LogP contribution in [0.1, 0.15) is 32.9 Å². The number of carbonyl (C=O) groups is 1. The van der Waals surface area contributed by atoms with Crippen molar-refractivity contribution in [2.24, 2.45) is 0 Å². The van der Waals surface area contributed by atoms with Crippen LogP contribution in [-0.2, 0) is 5.41 Å². The van der Waals surface area contributed by atoms with Crippen LogP contribution in [0.4, 0.5) is 22.0 Å². The molecule has 2 heterocycles. The first-order valence-electron chi connectivity index (χ1n) is 12.1. The second-order valence-electron chi connectivity index (χ2n) is 9.53. The van der Waals surface area contributed by atoms with Crippen molar-refractivity contribution in [1.29, 1.82) is 0 Å². The van der Waals surface area contributed by atoms with Crippen molar-refractivity contribution in [3.05, 3.63) is 84.8 Å². The number of urea groups is 1. The molecule has 0 saturated heterocycles. The number of pyridine rings is 1. The van der Waals surface area contributed by atoms with Crippen LogP contribution in [0.2, 0.25) is 0 Å². The first-order valence-corrected chi connectivity index (χ1v) is 12.1. The molecule has 2 aromatic heterocycles. The van der Waals surface area contributed by atoms with Crippen molar-refractivity contribution in [3.63, 3.8) is 0 Å². The highest BCUT2D eigenvalue weighted by Crippen LogP contribution is 2.28. The maximum atomic E-state index is 12.9. The van der Waals surface area contributed by atoms with Gasteiger partial charge in [-0.05, 0) is 61.0 Å². The summed E-state index contributed by atoms with van der Waals surface area (Å²) in [6.45, 7) is 7.01. The highest BCUT2D eigenvalue weighted by molar-refractivity contribution is 5.99. The molecule has 0 saturated carbocycles. The standard InChI is InChI=1S/C28H32N6O3/c1-28(2,3)25-18-26(34(33-25)22-8-4-7-21(17-22)30-15-6-16-35)32-27(36)31-20-10-12-23(13-11-20)37-24-9-5-14-29-19-24/h4-5,7-14,17-19,30,35H,6,15-16H2,1-3H3,(H2,31,32,36). The summed E-state index contributed by atoms with van der Waals surface area (Å²) in [5, 5.41) is 22.9. The average molecular weight is 501 g/mol. The summed E-state index contributed by atoms with van der Waals surface area (Å²) >= 11 is 0. The molecule has 0 bridgehead atoms. The number of amides is 2.